The molecule has 0 radical (unpaired) electrons. The quantitative estimate of drug-likeness (QED) is 0.564. The molecule has 0 aliphatic carbocycles. The summed E-state index contributed by atoms with van der Waals surface area (Å²) >= 11 is 12.5. The number of nitrogens with zero attached hydrogens (tertiary/aromatic N) is 1. The second kappa shape index (κ2) is 7.52. The van der Waals surface area contributed by atoms with Crippen LogP contribution >= 0.6 is 23.2 Å². The van der Waals surface area contributed by atoms with Crippen molar-refractivity contribution < 1.29 is 9.90 Å². The predicted molar refractivity (Wildman–Crippen MR) is 107 cm³/mol. The summed E-state index contributed by atoms with van der Waals surface area (Å²) in [6.07, 6.45) is 0. The molecule has 3 rings (SSSR count). The van der Waals surface area contributed by atoms with E-state index in [9.17, 15) is 9.90 Å². The number of benzene rings is 2. The van der Waals surface area contributed by atoms with Gasteiger partial charge in [0, 0.05) is 22.5 Å². The molecule has 2 N–H and O–H groups in total. The first kappa shape index (κ1) is 18.5. The summed E-state index contributed by atoms with van der Waals surface area (Å²) in [5, 5.41) is 14.5. The second-order valence-corrected chi connectivity index (χ2v) is 7.28. The lowest BCUT2D eigenvalue weighted by atomic mass is 9.95. The maximum Gasteiger partial charge on any atom is 0.340 e. The maximum atomic E-state index is 12.1. The minimum absolute atomic E-state index is 0.114. The van der Waals surface area contributed by atoms with Gasteiger partial charge in [-0.25, -0.2) is 9.78 Å². The summed E-state index contributed by atoms with van der Waals surface area (Å²) in [5.74, 6) is -0.419. The van der Waals surface area contributed by atoms with Crippen LogP contribution in [0.2, 0.25) is 10.0 Å². The Kier molecular flexibility index (Phi) is 5.35. The Bertz CT molecular complexity index is 973. The number of hydrogen-bond acceptors (Lipinski definition) is 3. The largest absolute Gasteiger partial charge is 0.478 e. The monoisotopic (exact) mass is 388 g/mol. The Labute approximate surface area is 161 Å². The number of carboxylic acid groups (broad SMARTS) is 1. The molecule has 0 unspecified atom stereocenters. The number of halogens is 2. The van der Waals surface area contributed by atoms with Crippen molar-refractivity contribution in [3.63, 3.8) is 0 Å². The SMILES string of the molecule is CC(C)CNc1nc2c(Cl)cc(Cl)cc2c(-c2ccccc2)c1C(=O)O. The number of anilines is 1. The van der Waals surface area contributed by atoms with Gasteiger partial charge in [-0.3, -0.25) is 0 Å². The first-order chi connectivity index (χ1) is 12.4. The topological polar surface area (TPSA) is 62.2 Å². The van der Waals surface area contributed by atoms with Crippen molar-refractivity contribution in [1.82, 2.24) is 4.98 Å². The van der Waals surface area contributed by atoms with Gasteiger partial charge in [-0.05, 0) is 23.6 Å². The maximum absolute atomic E-state index is 12.1. The molecule has 4 nitrogen and oxygen atoms in total. The van der Waals surface area contributed by atoms with Crippen molar-refractivity contribution in [2.24, 2.45) is 5.92 Å². The molecule has 0 fully saturated rings. The van der Waals surface area contributed by atoms with Gasteiger partial charge in [0.1, 0.15) is 11.4 Å². The molecule has 0 aliphatic rings. The van der Waals surface area contributed by atoms with Crippen LogP contribution in [0, 0.1) is 5.92 Å². The van der Waals surface area contributed by atoms with Crippen LogP contribution in [0.4, 0.5) is 5.82 Å². The molecule has 26 heavy (non-hydrogen) atoms. The van der Waals surface area contributed by atoms with Gasteiger partial charge in [0.15, 0.2) is 0 Å². The standard InChI is InChI=1S/C20H18Cl2N2O2/c1-11(2)10-23-19-17(20(25)26)16(12-6-4-3-5-7-12)14-8-13(21)9-15(22)18(14)24-19/h3-9,11H,10H2,1-2H3,(H,23,24)(H,25,26). The number of carbonyl (C=O) groups is 1. The van der Waals surface area contributed by atoms with Crippen LogP contribution in [0.5, 0.6) is 0 Å². The average Bonchev–Trinajstić information content (AvgIpc) is 2.59. The number of aromatic carboxylic acids is 1. The average molecular weight is 389 g/mol. The number of carboxylic acids is 1. The third kappa shape index (κ3) is 3.62. The molecular weight excluding hydrogens is 371 g/mol. The summed E-state index contributed by atoms with van der Waals surface area (Å²) < 4.78 is 0. The fourth-order valence-corrected chi connectivity index (χ4v) is 3.37. The Morgan fingerprint density at radius 2 is 1.88 bits per heavy atom. The van der Waals surface area contributed by atoms with Crippen molar-refractivity contribution in [3.8, 4) is 11.1 Å². The van der Waals surface area contributed by atoms with Gasteiger partial charge in [0.25, 0.3) is 0 Å². The van der Waals surface area contributed by atoms with Gasteiger partial charge < -0.3 is 10.4 Å². The second-order valence-electron chi connectivity index (χ2n) is 6.44. The van der Waals surface area contributed by atoms with E-state index in [0.717, 1.165) is 5.56 Å². The normalized spacial score (nSPS) is 11.1. The van der Waals surface area contributed by atoms with Crippen LogP contribution in [0.3, 0.4) is 0 Å². The van der Waals surface area contributed by atoms with Crippen molar-refractivity contribution in [3.05, 3.63) is 58.1 Å². The highest BCUT2D eigenvalue weighted by molar-refractivity contribution is 6.39. The molecule has 0 bridgehead atoms. The van der Waals surface area contributed by atoms with Crippen molar-refractivity contribution in [2.45, 2.75) is 13.8 Å². The Balaban J connectivity index is 2.41. The summed E-state index contributed by atoms with van der Waals surface area (Å²) in [7, 11) is 0. The van der Waals surface area contributed by atoms with Crippen molar-refractivity contribution >= 4 is 45.9 Å². The lowest BCUT2D eigenvalue weighted by Crippen LogP contribution is -2.14. The fraction of sp³-hybridized carbons (Fsp3) is 0.200. The van der Waals surface area contributed by atoms with Crippen molar-refractivity contribution in [1.29, 1.82) is 0 Å². The van der Waals surface area contributed by atoms with E-state index in [4.69, 9.17) is 23.2 Å². The lowest BCUT2D eigenvalue weighted by molar-refractivity contribution is 0.0698. The zero-order chi connectivity index (χ0) is 18.8. The van der Waals surface area contributed by atoms with Crippen LogP contribution in [-0.2, 0) is 0 Å². The van der Waals surface area contributed by atoms with Crippen LogP contribution in [-0.4, -0.2) is 22.6 Å². The van der Waals surface area contributed by atoms with Gasteiger partial charge in [0.2, 0.25) is 0 Å². The molecule has 0 atom stereocenters. The Hall–Kier alpha value is -2.30. The first-order valence-corrected chi connectivity index (χ1v) is 8.99. The predicted octanol–water partition coefficient (Wildman–Crippen LogP) is 5.97. The van der Waals surface area contributed by atoms with Crippen LogP contribution in [0.1, 0.15) is 24.2 Å². The number of hydrogen-bond donors (Lipinski definition) is 2. The summed E-state index contributed by atoms with van der Waals surface area (Å²) in [6.45, 7) is 4.68. The summed E-state index contributed by atoms with van der Waals surface area (Å²) in [4.78, 5) is 16.6. The fourth-order valence-electron chi connectivity index (χ4n) is 2.83. The molecule has 0 amide bonds. The highest BCUT2D eigenvalue weighted by Crippen LogP contribution is 2.39. The van der Waals surface area contributed by atoms with Crippen LogP contribution in [0.25, 0.3) is 22.0 Å². The van der Waals surface area contributed by atoms with E-state index < -0.39 is 5.97 Å². The minimum atomic E-state index is -1.05. The Morgan fingerprint density at radius 1 is 1.19 bits per heavy atom. The van der Waals surface area contributed by atoms with Gasteiger partial charge in [-0.1, -0.05) is 67.4 Å². The van der Waals surface area contributed by atoms with Gasteiger partial charge in [-0.15, -0.1) is 0 Å². The smallest absolute Gasteiger partial charge is 0.340 e. The third-order valence-corrected chi connectivity index (χ3v) is 4.47. The van der Waals surface area contributed by atoms with E-state index in [1.807, 2.05) is 44.2 Å². The van der Waals surface area contributed by atoms with E-state index in [0.29, 0.717) is 44.8 Å². The van der Waals surface area contributed by atoms with Gasteiger partial charge >= 0.3 is 5.97 Å². The molecule has 0 saturated carbocycles. The minimum Gasteiger partial charge on any atom is -0.478 e. The van der Waals surface area contributed by atoms with Crippen LogP contribution < -0.4 is 5.32 Å². The van der Waals surface area contributed by atoms with E-state index in [1.54, 1.807) is 12.1 Å². The molecule has 2 aromatic carbocycles. The molecule has 6 heteroatoms. The van der Waals surface area contributed by atoms with Gasteiger partial charge in [-0.2, -0.15) is 0 Å². The van der Waals surface area contributed by atoms with Gasteiger partial charge in [0.05, 0.1) is 10.5 Å². The molecule has 3 aromatic rings. The molecule has 0 aliphatic heterocycles. The number of pyridine rings is 1. The summed E-state index contributed by atoms with van der Waals surface area (Å²) in [6, 6.07) is 12.6. The highest BCUT2D eigenvalue weighted by Gasteiger charge is 2.23. The molecular formula is C20H18Cl2N2O2. The molecule has 0 spiro atoms. The summed E-state index contributed by atoms with van der Waals surface area (Å²) in [5.41, 5.74) is 1.95. The molecule has 1 heterocycles. The molecule has 1 aromatic heterocycles. The van der Waals surface area contributed by atoms with E-state index in [2.05, 4.69) is 10.3 Å². The zero-order valence-electron chi connectivity index (χ0n) is 14.4. The zero-order valence-corrected chi connectivity index (χ0v) is 15.9. The third-order valence-electron chi connectivity index (χ3n) is 3.96. The number of rotatable bonds is 5. The Morgan fingerprint density at radius 3 is 2.50 bits per heavy atom. The van der Waals surface area contributed by atoms with E-state index >= 15 is 0 Å². The van der Waals surface area contributed by atoms with E-state index in [1.165, 1.54) is 0 Å². The van der Waals surface area contributed by atoms with E-state index in [-0.39, 0.29) is 5.56 Å². The lowest BCUT2D eigenvalue weighted by Gasteiger charge is -2.17. The number of nitrogens with one attached hydrogen (secondary N) is 1. The molecule has 134 valence electrons. The van der Waals surface area contributed by atoms with Crippen LogP contribution in [0.15, 0.2) is 42.5 Å². The molecule has 0 saturated heterocycles. The number of aromatic nitrogens is 1. The van der Waals surface area contributed by atoms with Crippen molar-refractivity contribution in [2.75, 3.05) is 11.9 Å². The number of fused-ring (bicyclic) bond motifs is 1. The first-order valence-electron chi connectivity index (χ1n) is 8.23. The highest BCUT2D eigenvalue weighted by atomic mass is 35.5.